The summed E-state index contributed by atoms with van der Waals surface area (Å²) in [6, 6.07) is 22.2. The molecule has 2 aromatic carbocycles. The quantitative estimate of drug-likeness (QED) is 0.381. The average Bonchev–Trinajstić information content (AvgIpc) is 2.89. The topological polar surface area (TPSA) is 82.6 Å². The summed E-state index contributed by atoms with van der Waals surface area (Å²) in [7, 11) is 3.23. The van der Waals surface area contributed by atoms with Gasteiger partial charge in [-0.2, -0.15) is 0 Å². The molecule has 0 aliphatic rings. The number of nitrogens with zero attached hydrogens (tertiary/aromatic N) is 2. The molecule has 1 N–H and O–H groups in total. The summed E-state index contributed by atoms with van der Waals surface area (Å²) in [5.74, 6) is 1.70. The van der Waals surface area contributed by atoms with E-state index in [2.05, 4.69) is 15.3 Å². The highest BCUT2D eigenvalue weighted by molar-refractivity contribution is 6.04. The van der Waals surface area contributed by atoms with Crippen molar-refractivity contribution in [2.24, 2.45) is 0 Å². The lowest BCUT2D eigenvalue weighted by Gasteiger charge is -2.11. The van der Waals surface area contributed by atoms with Crippen LogP contribution in [0.4, 0.5) is 5.69 Å². The second kappa shape index (κ2) is 11.0. The van der Waals surface area contributed by atoms with E-state index in [9.17, 15) is 4.79 Å². The minimum atomic E-state index is -0.199. The third-order valence-corrected chi connectivity index (χ3v) is 5.17. The molecule has 0 fully saturated rings. The van der Waals surface area contributed by atoms with Gasteiger partial charge in [-0.05, 0) is 48.0 Å². The first kappa shape index (κ1) is 22.8. The molecule has 1 amide bonds. The van der Waals surface area contributed by atoms with E-state index >= 15 is 0 Å². The number of anilines is 1. The van der Waals surface area contributed by atoms with Crippen LogP contribution in [-0.4, -0.2) is 36.7 Å². The van der Waals surface area contributed by atoms with Gasteiger partial charge < -0.3 is 19.5 Å². The van der Waals surface area contributed by atoms with Crippen molar-refractivity contribution in [1.82, 2.24) is 9.97 Å². The monoisotopic (exact) mass is 455 g/mol. The Labute approximate surface area is 198 Å². The maximum Gasteiger partial charge on any atom is 0.255 e. The van der Waals surface area contributed by atoms with Crippen LogP contribution in [0.15, 0.2) is 85.2 Å². The summed E-state index contributed by atoms with van der Waals surface area (Å²) in [6.45, 7) is 0.459. The summed E-state index contributed by atoms with van der Waals surface area (Å²) in [5, 5.41) is 2.87. The Bertz CT molecular complexity index is 1260. The van der Waals surface area contributed by atoms with Gasteiger partial charge in [-0.15, -0.1) is 0 Å². The number of hydrogen-bond donors (Lipinski definition) is 1. The van der Waals surface area contributed by atoms with Crippen LogP contribution in [0.25, 0.3) is 11.3 Å². The maximum atomic E-state index is 12.6. The van der Waals surface area contributed by atoms with Gasteiger partial charge in [0.1, 0.15) is 0 Å². The highest BCUT2D eigenvalue weighted by Crippen LogP contribution is 2.28. The molecule has 0 atom stereocenters. The second-order valence-corrected chi connectivity index (χ2v) is 7.42. The molecule has 4 rings (SSSR count). The van der Waals surface area contributed by atoms with Crippen LogP contribution in [0, 0.1) is 0 Å². The zero-order valence-electron chi connectivity index (χ0n) is 19.0. The van der Waals surface area contributed by atoms with Crippen LogP contribution >= 0.6 is 0 Å². The number of nitrogens with one attached hydrogen (secondary N) is 1. The van der Waals surface area contributed by atoms with Gasteiger partial charge in [0.05, 0.1) is 26.5 Å². The lowest BCUT2D eigenvalue weighted by atomic mass is 10.1. The minimum Gasteiger partial charge on any atom is -0.493 e. The van der Waals surface area contributed by atoms with Gasteiger partial charge in [-0.3, -0.25) is 9.78 Å². The summed E-state index contributed by atoms with van der Waals surface area (Å²) >= 11 is 0. The van der Waals surface area contributed by atoms with E-state index in [1.807, 2.05) is 54.6 Å². The summed E-state index contributed by atoms with van der Waals surface area (Å²) in [5.41, 5.74) is 3.85. The summed E-state index contributed by atoms with van der Waals surface area (Å²) < 4.78 is 16.5. The number of hydrogen-bond acceptors (Lipinski definition) is 6. The number of ether oxygens (including phenoxy) is 3. The van der Waals surface area contributed by atoms with Crippen molar-refractivity contribution in [1.29, 1.82) is 0 Å². The van der Waals surface area contributed by atoms with E-state index in [4.69, 9.17) is 14.2 Å². The fourth-order valence-corrected chi connectivity index (χ4v) is 3.42. The molecule has 34 heavy (non-hydrogen) atoms. The van der Waals surface area contributed by atoms with Crippen molar-refractivity contribution in [2.45, 2.75) is 6.42 Å². The molecule has 7 heteroatoms. The number of carbonyl (C=O) groups is 1. The van der Waals surface area contributed by atoms with Crippen LogP contribution in [0.2, 0.25) is 0 Å². The van der Waals surface area contributed by atoms with Crippen LogP contribution in [0.1, 0.15) is 15.9 Å². The zero-order valence-corrected chi connectivity index (χ0v) is 19.0. The van der Waals surface area contributed by atoms with Crippen LogP contribution in [0.5, 0.6) is 17.4 Å². The van der Waals surface area contributed by atoms with Crippen molar-refractivity contribution in [3.63, 3.8) is 0 Å². The predicted molar refractivity (Wildman–Crippen MR) is 131 cm³/mol. The van der Waals surface area contributed by atoms with Crippen LogP contribution < -0.4 is 19.5 Å². The molecule has 0 saturated heterocycles. The smallest absolute Gasteiger partial charge is 0.255 e. The Kier molecular flexibility index (Phi) is 7.35. The van der Waals surface area contributed by atoms with Gasteiger partial charge in [-0.1, -0.05) is 24.3 Å². The lowest BCUT2D eigenvalue weighted by Crippen LogP contribution is -2.11. The van der Waals surface area contributed by atoms with E-state index in [1.54, 1.807) is 44.8 Å². The van der Waals surface area contributed by atoms with Crippen molar-refractivity contribution < 1.29 is 19.0 Å². The molecule has 0 aliphatic carbocycles. The maximum absolute atomic E-state index is 12.6. The molecule has 0 bridgehead atoms. The van der Waals surface area contributed by atoms with E-state index in [1.165, 1.54) is 0 Å². The molecule has 0 spiro atoms. The number of methoxy groups -OCH3 is 2. The Morgan fingerprint density at radius 3 is 2.47 bits per heavy atom. The average molecular weight is 456 g/mol. The van der Waals surface area contributed by atoms with Gasteiger partial charge >= 0.3 is 0 Å². The molecule has 2 heterocycles. The summed E-state index contributed by atoms with van der Waals surface area (Å²) in [6.07, 6.45) is 3.95. The largest absolute Gasteiger partial charge is 0.493 e. The first-order valence-electron chi connectivity index (χ1n) is 10.8. The van der Waals surface area contributed by atoms with E-state index in [-0.39, 0.29) is 5.91 Å². The van der Waals surface area contributed by atoms with Crippen molar-refractivity contribution in [2.75, 3.05) is 26.1 Å². The number of amides is 1. The highest BCUT2D eigenvalue weighted by Gasteiger charge is 2.10. The van der Waals surface area contributed by atoms with Gasteiger partial charge in [0.15, 0.2) is 11.5 Å². The van der Waals surface area contributed by atoms with E-state index < -0.39 is 0 Å². The highest BCUT2D eigenvalue weighted by atomic mass is 16.5. The van der Waals surface area contributed by atoms with Gasteiger partial charge in [0, 0.05) is 41.7 Å². The normalized spacial score (nSPS) is 10.4. The Morgan fingerprint density at radius 1 is 0.882 bits per heavy atom. The van der Waals surface area contributed by atoms with Gasteiger partial charge in [0.2, 0.25) is 5.88 Å². The number of benzene rings is 2. The molecular weight excluding hydrogens is 430 g/mol. The Balaban J connectivity index is 1.41. The number of rotatable bonds is 9. The molecular formula is C27H25N3O4. The second-order valence-electron chi connectivity index (χ2n) is 7.42. The van der Waals surface area contributed by atoms with E-state index in [0.29, 0.717) is 41.7 Å². The Hall–Kier alpha value is -4.39. The van der Waals surface area contributed by atoms with Crippen LogP contribution in [0.3, 0.4) is 0 Å². The lowest BCUT2D eigenvalue weighted by molar-refractivity contribution is 0.102. The molecule has 0 radical (unpaired) electrons. The molecule has 0 saturated carbocycles. The number of carbonyl (C=O) groups excluding carboxylic acids is 1. The zero-order chi connectivity index (χ0) is 23.8. The number of aromatic nitrogens is 2. The van der Waals surface area contributed by atoms with Crippen LogP contribution in [-0.2, 0) is 6.42 Å². The standard InChI is InChI=1S/C27H25N3O4/c1-32-24-10-9-19(17-25(24)33-2)13-16-34-26-8-4-7-23(30-26)20-5-3-6-21(18-20)27(31)29-22-11-14-28-15-12-22/h3-12,14-15,17-18H,13,16H2,1-2H3,(H,28,29,31). The molecule has 2 aromatic heterocycles. The fraction of sp³-hybridized carbons (Fsp3) is 0.148. The fourth-order valence-electron chi connectivity index (χ4n) is 3.42. The third-order valence-electron chi connectivity index (χ3n) is 5.17. The van der Waals surface area contributed by atoms with Gasteiger partial charge in [-0.25, -0.2) is 4.98 Å². The SMILES string of the molecule is COc1ccc(CCOc2cccc(-c3cccc(C(=O)Nc4ccncc4)c3)n2)cc1OC. The molecule has 0 aliphatic heterocycles. The minimum absolute atomic E-state index is 0.199. The predicted octanol–water partition coefficient (Wildman–Crippen LogP) is 5.03. The number of pyridine rings is 2. The van der Waals surface area contributed by atoms with Gasteiger partial charge in [0.25, 0.3) is 5.91 Å². The molecule has 172 valence electrons. The third kappa shape index (κ3) is 5.69. The first-order valence-corrected chi connectivity index (χ1v) is 10.8. The molecule has 7 nitrogen and oxygen atoms in total. The molecule has 0 unspecified atom stereocenters. The summed E-state index contributed by atoms with van der Waals surface area (Å²) in [4.78, 5) is 21.2. The first-order chi connectivity index (χ1) is 16.7. The van der Waals surface area contributed by atoms with Crippen molar-refractivity contribution >= 4 is 11.6 Å². The molecule has 4 aromatic rings. The van der Waals surface area contributed by atoms with Crippen molar-refractivity contribution in [3.8, 4) is 28.6 Å². The van der Waals surface area contributed by atoms with E-state index in [0.717, 1.165) is 16.8 Å². The Morgan fingerprint density at radius 2 is 1.68 bits per heavy atom. The van der Waals surface area contributed by atoms with Crippen molar-refractivity contribution in [3.05, 3.63) is 96.3 Å².